The first-order valence-corrected chi connectivity index (χ1v) is 10.5. The van der Waals surface area contributed by atoms with Crippen molar-refractivity contribution in [2.75, 3.05) is 0 Å². The molecular weight excluding hydrogens is 356 g/mol. The Morgan fingerprint density at radius 1 is 1.04 bits per heavy atom. The van der Waals surface area contributed by atoms with Gasteiger partial charge < -0.3 is 4.18 Å². The van der Waals surface area contributed by atoms with Gasteiger partial charge in [-0.05, 0) is 31.9 Å². The second kappa shape index (κ2) is 10.7. The van der Waals surface area contributed by atoms with Gasteiger partial charge in [0.2, 0.25) is 0 Å². The molecule has 0 radical (unpaired) electrons. The van der Waals surface area contributed by atoms with Crippen LogP contribution in [0, 0.1) is 6.92 Å². The van der Waals surface area contributed by atoms with Gasteiger partial charge in [0, 0.05) is 0 Å². The lowest BCUT2D eigenvalue weighted by molar-refractivity contribution is 0.381. The molecule has 1 aromatic rings. The monoisotopic (exact) mass is 382 g/mol. The molecule has 0 aromatic heterocycles. The van der Waals surface area contributed by atoms with Crippen molar-refractivity contribution < 1.29 is 30.1 Å². The maximum atomic E-state index is 12.1. The largest absolute Gasteiger partial charge is 0.394 e. The van der Waals surface area contributed by atoms with Crippen LogP contribution in [0.4, 0.5) is 0 Å². The Bertz CT molecular complexity index is 674. The molecule has 0 spiro atoms. The first-order valence-electron chi connectivity index (χ1n) is 7.66. The molecule has 0 saturated heterocycles. The molecule has 2 N–H and O–H groups in total. The minimum atomic E-state index is -4.67. The van der Waals surface area contributed by atoms with Gasteiger partial charge in [-0.3, -0.25) is 9.11 Å². The standard InChI is InChI=1S/C15H24O3S.H2O4S/c1-4-5-6-7-11-14(3)19(16,17)18-15-12-9-8-10-13(15)2;1-5(2,3)4/h8-10,12,14H,4-7,11H2,1-3H3;(H2,1,2,3,4). The first kappa shape index (κ1) is 22.8. The average molecular weight is 383 g/mol. The summed E-state index contributed by atoms with van der Waals surface area (Å²) in [6.07, 6.45) is 4.99. The zero-order valence-electron chi connectivity index (χ0n) is 14.2. The van der Waals surface area contributed by atoms with Crippen molar-refractivity contribution in [3.8, 4) is 5.75 Å². The van der Waals surface area contributed by atoms with Crippen molar-refractivity contribution in [2.24, 2.45) is 0 Å². The fourth-order valence-corrected chi connectivity index (χ4v) is 2.92. The number of rotatable bonds is 8. The molecule has 9 heteroatoms. The minimum Gasteiger partial charge on any atom is -0.382 e. The Kier molecular flexibility index (Phi) is 10.1. The highest BCUT2D eigenvalue weighted by molar-refractivity contribution is 7.87. The fourth-order valence-electron chi connectivity index (χ4n) is 1.86. The van der Waals surface area contributed by atoms with Crippen LogP contribution in [0.1, 0.15) is 51.5 Å². The lowest BCUT2D eigenvalue weighted by atomic mass is 10.1. The van der Waals surface area contributed by atoms with Crippen molar-refractivity contribution in [3.05, 3.63) is 29.8 Å². The minimum absolute atomic E-state index is 0.433. The van der Waals surface area contributed by atoms with E-state index in [1.165, 1.54) is 0 Å². The molecule has 0 aliphatic heterocycles. The molecule has 0 aliphatic rings. The summed E-state index contributed by atoms with van der Waals surface area (Å²) in [5.41, 5.74) is 0.837. The molecule has 1 aromatic carbocycles. The Labute approximate surface area is 144 Å². The lowest BCUT2D eigenvalue weighted by Crippen LogP contribution is -2.23. The molecule has 1 rings (SSSR count). The van der Waals surface area contributed by atoms with Gasteiger partial charge in [-0.15, -0.1) is 0 Å². The summed E-state index contributed by atoms with van der Waals surface area (Å²) >= 11 is 0. The molecule has 7 nitrogen and oxygen atoms in total. The van der Waals surface area contributed by atoms with Gasteiger partial charge in [-0.25, -0.2) is 0 Å². The van der Waals surface area contributed by atoms with E-state index in [1.54, 1.807) is 19.1 Å². The zero-order chi connectivity index (χ0) is 18.8. The van der Waals surface area contributed by atoms with Gasteiger partial charge in [0.15, 0.2) is 0 Å². The third-order valence-corrected chi connectivity index (χ3v) is 4.89. The SMILES string of the molecule is CCCCCCC(C)S(=O)(=O)Oc1ccccc1C.O=S(=O)(O)O. The molecule has 0 bridgehead atoms. The van der Waals surface area contributed by atoms with E-state index in [9.17, 15) is 8.42 Å². The molecule has 0 heterocycles. The summed E-state index contributed by atoms with van der Waals surface area (Å²) in [6, 6.07) is 7.18. The van der Waals surface area contributed by atoms with Gasteiger partial charge >= 0.3 is 20.5 Å². The van der Waals surface area contributed by atoms with Crippen LogP contribution in [-0.4, -0.2) is 31.2 Å². The van der Waals surface area contributed by atoms with E-state index in [4.69, 9.17) is 21.7 Å². The third kappa shape index (κ3) is 11.4. The predicted molar refractivity (Wildman–Crippen MR) is 93.1 cm³/mol. The van der Waals surface area contributed by atoms with E-state index in [1.807, 2.05) is 19.1 Å². The first-order chi connectivity index (χ1) is 11.0. The van der Waals surface area contributed by atoms with Crippen molar-refractivity contribution >= 4 is 20.5 Å². The van der Waals surface area contributed by atoms with Crippen LogP contribution in [0.5, 0.6) is 5.75 Å². The van der Waals surface area contributed by atoms with E-state index in [0.717, 1.165) is 31.2 Å². The van der Waals surface area contributed by atoms with Crippen LogP contribution in [0.25, 0.3) is 0 Å². The van der Waals surface area contributed by atoms with Crippen LogP contribution in [0.2, 0.25) is 0 Å². The Morgan fingerprint density at radius 2 is 1.58 bits per heavy atom. The number of hydrogen-bond acceptors (Lipinski definition) is 5. The highest BCUT2D eigenvalue weighted by Gasteiger charge is 2.23. The smallest absolute Gasteiger partial charge is 0.382 e. The van der Waals surface area contributed by atoms with Gasteiger partial charge in [-0.1, -0.05) is 50.8 Å². The fraction of sp³-hybridized carbons (Fsp3) is 0.600. The second-order valence-electron chi connectivity index (χ2n) is 5.45. The summed E-state index contributed by atoms with van der Waals surface area (Å²) < 4.78 is 61.0. The van der Waals surface area contributed by atoms with Gasteiger partial charge in [0.1, 0.15) is 5.75 Å². The van der Waals surface area contributed by atoms with Crippen molar-refractivity contribution in [1.29, 1.82) is 0 Å². The van der Waals surface area contributed by atoms with E-state index in [0.29, 0.717) is 12.2 Å². The second-order valence-corrected chi connectivity index (χ2v) is 8.30. The normalized spacial score (nSPS) is 12.9. The maximum Gasteiger partial charge on any atom is 0.394 e. The molecule has 0 saturated carbocycles. The van der Waals surface area contributed by atoms with Gasteiger partial charge in [0.25, 0.3) is 0 Å². The van der Waals surface area contributed by atoms with E-state index in [2.05, 4.69) is 6.92 Å². The quantitative estimate of drug-likeness (QED) is 0.402. The number of hydrogen-bond donors (Lipinski definition) is 2. The van der Waals surface area contributed by atoms with E-state index < -0.39 is 25.8 Å². The van der Waals surface area contributed by atoms with Crippen LogP contribution in [-0.2, 0) is 20.5 Å². The Morgan fingerprint density at radius 3 is 2.08 bits per heavy atom. The zero-order valence-corrected chi connectivity index (χ0v) is 15.8. The Balaban J connectivity index is 0.000000922. The van der Waals surface area contributed by atoms with Crippen LogP contribution in [0.15, 0.2) is 24.3 Å². The maximum absolute atomic E-state index is 12.1. The third-order valence-electron chi connectivity index (χ3n) is 3.26. The number of benzene rings is 1. The lowest BCUT2D eigenvalue weighted by Gasteiger charge is -2.14. The van der Waals surface area contributed by atoms with Crippen molar-refractivity contribution in [2.45, 2.75) is 58.1 Å². The molecule has 140 valence electrons. The van der Waals surface area contributed by atoms with E-state index in [-0.39, 0.29) is 0 Å². The van der Waals surface area contributed by atoms with Crippen LogP contribution >= 0.6 is 0 Å². The summed E-state index contributed by atoms with van der Waals surface area (Å²) in [4.78, 5) is 0. The number of unbranched alkanes of at least 4 members (excludes halogenated alkanes) is 3. The summed E-state index contributed by atoms with van der Waals surface area (Å²) in [5.74, 6) is 0.433. The Hall–Kier alpha value is -1.16. The topological polar surface area (TPSA) is 118 Å². The number of aryl methyl sites for hydroxylation is 1. The summed E-state index contributed by atoms with van der Waals surface area (Å²) in [6.45, 7) is 5.71. The highest BCUT2D eigenvalue weighted by atomic mass is 32.3. The molecule has 1 atom stereocenters. The molecular formula is C15H26O7S2. The number of para-hydroxylation sites is 1. The van der Waals surface area contributed by atoms with Crippen molar-refractivity contribution in [3.63, 3.8) is 0 Å². The molecule has 1 unspecified atom stereocenters. The highest BCUT2D eigenvalue weighted by Crippen LogP contribution is 2.21. The summed E-state index contributed by atoms with van der Waals surface area (Å²) in [5, 5.41) is -0.455. The van der Waals surface area contributed by atoms with Crippen molar-refractivity contribution in [1.82, 2.24) is 0 Å². The van der Waals surface area contributed by atoms with Gasteiger partial charge in [0.05, 0.1) is 5.25 Å². The molecule has 0 fully saturated rings. The molecule has 0 amide bonds. The van der Waals surface area contributed by atoms with E-state index >= 15 is 0 Å². The average Bonchev–Trinajstić information content (AvgIpc) is 2.44. The van der Waals surface area contributed by atoms with Gasteiger partial charge in [-0.2, -0.15) is 16.8 Å². The molecule has 24 heavy (non-hydrogen) atoms. The van der Waals surface area contributed by atoms with Crippen LogP contribution < -0.4 is 4.18 Å². The predicted octanol–water partition coefficient (Wildman–Crippen LogP) is 3.41. The summed E-state index contributed by atoms with van der Waals surface area (Å²) in [7, 11) is -8.19. The van der Waals surface area contributed by atoms with Crippen LogP contribution in [0.3, 0.4) is 0 Å². The molecule has 0 aliphatic carbocycles.